The van der Waals surface area contributed by atoms with Crippen LogP contribution in [0.3, 0.4) is 0 Å². The molecule has 3 aromatic rings. The first-order valence-electron chi connectivity index (χ1n) is 8.65. The molecule has 2 aromatic carbocycles. The van der Waals surface area contributed by atoms with Gasteiger partial charge in [-0.25, -0.2) is 4.98 Å². The SMILES string of the molecule is C=O.Cc1ccc(Oc2ccc(CNC(=O)c3ccc(C)nc3N)cc2)cc1. The Morgan fingerprint density at radius 2 is 1.54 bits per heavy atom. The summed E-state index contributed by atoms with van der Waals surface area (Å²) in [7, 11) is 0. The Kier molecular flexibility index (Phi) is 7.28. The minimum Gasteiger partial charge on any atom is -0.457 e. The number of amides is 1. The maximum Gasteiger partial charge on any atom is 0.255 e. The molecule has 0 radical (unpaired) electrons. The van der Waals surface area contributed by atoms with Crippen molar-refractivity contribution in [1.82, 2.24) is 10.3 Å². The topological polar surface area (TPSA) is 94.3 Å². The lowest BCUT2D eigenvalue weighted by Gasteiger charge is -2.09. The van der Waals surface area contributed by atoms with Crippen LogP contribution in [0.5, 0.6) is 11.5 Å². The largest absolute Gasteiger partial charge is 0.457 e. The Morgan fingerprint density at radius 3 is 2.11 bits per heavy atom. The smallest absolute Gasteiger partial charge is 0.255 e. The zero-order valence-electron chi connectivity index (χ0n) is 15.9. The first-order valence-corrected chi connectivity index (χ1v) is 8.65. The fourth-order valence-corrected chi connectivity index (χ4v) is 2.46. The predicted octanol–water partition coefficient (Wildman–Crippen LogP) is 3.82. The van der Waals surface area contributed by atoms with Crippen LogP contribution in [-0.2, 0) is 11.3 Å². The van der Waals surface area contributed by atoms with Crippen LogP contribution in [0.2, 0.25) is 0 Å². The molecule has 3 rings (SSSR count). The number of rotatable bonds is 5. The summed E-state index contributed by atoms with van der Waals surface area (Å²) < 4.78 is 5.80. The van der Waals surface area contributed by atoms with E-state index in [-0.39, 0.29) is 11.7 Å². The number of nitrogens with two attached hydrogens (primary N) is 1. The Balaban J connectivity index is 0.00000136. The molecule has 0 atom stereocenters. The van der Waals surface area contributed by atoms with Crippen LogP contribution < -0.4 is 15.8 Å². The van der Waals surface area contributed by atoms with E-state index in [0.29, 0.717) is 12.1 Å². The van der Waals surface area contributed by atoms with Crippen molar-refractivity contribution in [3.63, 3.8) is 0 Å². The summed E-state index contributed by atoms with van der Waals surface area (Å²) in [5, 5.41) is 2.85. The molecule has 3 N–H and O–H groups in total. The summed E-state index contributed by atoms with van der Waals surface area (Å²) in [5.74, 6) is 1.54. The average Bonchev–Trinajstić information content (AvgIpc) is 2.70. The monoisotopic (exact) mass is 377 g/mol. The van der Waals surface area contributed by atoms with Gasteiger partial charge in [0.2, 0.25) is 0 Å². The number of nitrogens with one attached hydrogen (secondary N) is 1. The third kappa shape index (κ3) is 5.67. The Morgan fingerprint density at radius 1 is 0.964 bits per heavy atom. The quantitative estimate of drug-likeness (QED) is 0.705. The van der Waals surface area contributed by atoms with Crippen molar-refractivity contribution in [2.24, 2.45) is 0 Å². The number of hydrogen-bond donors (Lipinski definition) is 2. The van der Waals surface area contributed by atoms with Crippen molar-refractivity contribution >= 4 is 18.5 Å². The normalized spacial score (nSPS) is 9.79. The van der Waals surface area contributed by atoms with Gasteiger partial charge >= 0.3 is 0 Å². The summed E-state index contributed by atoms with van der Waals surface area (Å²) >= 11 is 0. The fraction of sp³-hybridized carbons (Fsp3) is 0.136. The number of benzene rings is 2. The number of carbonyl (C=O) groups is 2. The zero-order valence-corrected chi connectivity index (χ0v) is 15.9. The van der Waals surface area contributed by atoms with Crippen LogP contribution >= 0.6 is 0 Å². The second-order valence-electron chi connectivity index (χ2n) is 6.13. The molecule has 0 fully saturated rings. The van der Waals surface area contributed by atoms with Gasteiger partial charge in [0.25, 0.3) is 5.91 Å². The number of pyridine rings is 1. The van der Waals surface area contributed by atoms with Gasteiger partial charge in [-0.15, -0.1) is 0 Å². The lowest BCUT2D eigenvalue weighted by atomic mass is 10.2. The number of aromatic nitrogens is 1. The van der Waals surface area contributed by atoms with Gasteiger partial charge in [0.1, 0.15) is 24.1 Å². The highest BCUT2D eigenvalue weighted by molar-refractivity contribution is 5.98. The van der Waals surface area contributed by atoms with E-state index in [0.717, 1.165) is 22.8 Å². The van der Waals surface area contributed by atoms with Crippen LogP contribution in [0.1, 0.15) is 27.2 Å². The number of ether oxygens (including phenoxy) is 1. The number of carbonyl (C=O) groups excluding carboxylic acids is 2. The van der Waals surface area contributed by atoms with Crippen molar-refractivity contribution < 1.29 is 14.3 Å². The van der Waals surface area contributed by atoms with Gasteiger partial charge in [-0.2, -0.15) is 0 Å². The summed E-state index contributed by atoms with van der Waals surface area (Å²) in [6, 6.07) is 18.9. The van der Waals surface area contributed by atoms with E-state index < -0.39 is 0 Å². The minimum atomic E-state index is -0.241. The average molecular weight is 377 g/mol. The maximum absolute atomic E-state index is 12.2. The van der Waals surface area contributed by atoms with E-state index in [1.165, 1.54) is 5.56 Å². The molecular formula is C22H23N3O3. The van der Waals surface area contributed by atoms with Crippen LogP contribution in [0, 0.1) is 13.8 Å². The van der Waals surface area contributed by atoms with E-state index >= 15 is 0 Å². The third-order valence-corrected chi connectivity index (χ3v) is 3.94. The molecule has 6 heteroatoms. The number of aryl methyl sites for hydroxylation is 2. The Labute approximate surface area is 164 Å². The van der Waals surface area contributed by atoms with Gasteiger partial charge in [-0.05, 0) is 55.8 Å². The van der Waals surface area contributed by atoms with Crippen molar-refractivity contribution in [1.29, 1.82) is 0 Å². The Bertz CT molecular complexity index is 923. The highest BCUT2D eigenvalue weighted by atomic mass is 16.5. The van der Waals surface area contributed by atoms with E-state index in [2.05, 4.69) is 10.3 Å². The minimum absolute atomic E-state index is 0.240. The molecule has 6 nitrogen and oxygen atoms in total. The molecule has 1 heterocycles. The lowest BCUT2D eigenvalue weighted by molar-refractivity contribution is -0.0980. The van der Waals surface area contributed by atoms with Crippen LogP contribution in [0.4, 0.5) is 5.82 Å². The molecule has 0 saturated carbocycles. The highest BCUT2D eigenvalue weighted by Gasteiger charge is 2.10. The number of anilines is 1. The third-order valence-electron chi connectivity index (χ3n) is 3.94. The molecule has 0 unspecified atom stereocenters. The fourth-order valence-electron chi connectivity index (χ4n) is 2.46. The molecule has 28 heavy (non-hydrogen) atoms. The molecule has 0 aliphatic carbocycles. The first-order chi connectivity index (χ1) is 13.5. The highest BCUT2D eigenvalue weighted by Crippen LogP contribution is 2.22. The van der Waals surface area contributed by atoms with E-state index in [4.69, 9.17) is 15.3 Å². The summed E-state index contributed by atoms with van der Waals surface area (Å²) in [4.78, 5) is 24.3. The van der Waals surface area contributed by atoms with Crippen LogP contribution in [0.15, 0.2) is 60.7 Å². The number of nitrogen functional groups attached to an aromatic ring is 1. The summed E-state index contributed by atoms with van der Waals surface area (Å²) in [6.07, 6.45) is 0. The van der Waals surface area contributed by atoms with Crippen molar-refractivity contribution in [3.05, 3.63) is 83.0 Å². The van der Waals surface area contributed by atoms with Gasteiger partial charge in [0.05, 0.1) is 5.56 Å². The van der Waals surface area contributed by atoms with Crippen molar-refractivity contribution in [3.8, 4) is 11.5 Å². The number of nitrogens with zero attached hydrogens (tertiary/aromatic N) is 1. The van der Waals surface area contributed by atoms with Gasteiger partial charge in [-0.1, -0.05) is 29.8 Å². The van der Waals surface area contributed by atoms with E-state index in [1.807, 2.05) is 69.2 Å². The molecule has 0 bridgehead atoms. The molecule has 0 aliphatic rings. The molecule has 0 saturated heterocycles. The van der Waals surface area contributed by atoms with Gasteiger partial charge in [-0.3, -0.25) is 4.79 Å². The molecule has 0 aliphatic heterocycles. The summed E-state index contributed by atoms with van der Waals surface area (Å²) in [6.45, 7) is 6.27. The molecular weight excluding hydrogens is 354 g/mol. The molecule has 144 valence electrons. The van der Waals surface area contributed by atoms with Gasteiger partial charge in [0.15, 0.2) is 0 Å². The predicted molar refractivity (Wildman–Crippen MR) is 109 cm³/mol. The van der Waals surface area contributed by atoms with Gasteiger partial charge < -0.3 is 20.6 Å². The molecule has 1 amide bonds. The zero-order chi connectivity index (χ0) is 20.5. The molecule has 1 aromatic heterocycles. The van der Waals surface area contributed by atoms with E-state index in [1.54, 1.807) is 12.1 Å². The van der Waals surface area contributed by atoms with Crippen LogP contribution in [0.25, 0.3) is 0 Å². The van der Waals surface area contributed by atoms with Crippen LogP contribution in [-0.4, -0.2) is 17.7 Å². The standard InChI is InChI=1S/C21H21N3O2.CH2O/c1-14-3-8-17(9-4-14)26-18-10-6-16(7-11-18)13-23-21(25)19-12-5-15(2)24-20(19)22;1-2/h3-12H,13H2,1-2H3,(H2,22,24)(H,23,25);1H2. The second-order valence-corrected chi connectivity index (χ2v) is 6.13. The lowest BCUT2D eigenvalue weighted by Crippen LogP contribution is -2.24. The van der Waals surface area contributed by atoms with E-state index in [9.17, 15) is 4.79 Å². The molecule has 0 spiro atoms. The summed E-state index contributed by atoms with van der Waals surface area (Å²) in [5.41, 5.74) is 9.12. The number of hydrogen-bond acceptors (Lipinski definition) is 5. The first kappa shape index (κ1) is 20.6. The van der Waals surface area contributed by atoms with Crippen molar-refractivity contribution in [2.45, 2.75) is 20.4 Å². The second kappa shape index (κ2) is 9.87. The maximum atomic E-state index is 12.2. The Hall–Kier alpha value is -3.67. The van der Waals surface area contributed by atoms with Gasteiger partial charge in [0, 0.05) is 12.2 Å². The van der Waals surface area contributed by atoms with Crippen molar-refractivity contribution in [2.75, 3.05) is 5.73 Å².